The van der Waals surface area contributed by atoms with Crippen LogP contribution in [-0.4, -0.2) is 17.0 Å². The fourth-order valence-corrected chi connectivity index (χ4v) is 2.66. The first-order valence-corrected chi connectivity index (χ1v) is 7.15. The van der Waals surface area contributed by atoms with Crippen molar-refractivity contribution in [1.82, 2.24) is 4.98 Å². The monoisotopic (exact) mass is 308 g/mol. The lowest BCUT2D eigenvalue weighted by molar-refractivity contribution is -0.736. The summed E-state index contributed by atoms with van der Waals surface area (Å²) in [5.41, 5.74) is 7.74. The number of thioether (sulfide) groups is 1. The Labute approximate surface area is 125 Å². The van der Waals surface area contributed by atoms with Crippen LogP contribution in [0.2, 0.25) is 0 Å². The normalized spacial score (nSPS) is 10.4. The summed E-state index contributed by atoms with van der Waals surface area (Å²) < 4.78 is 12.8. The van der Waals surface area contributed by atoms with E-state index in [4.69, 9.17) is 5.73 Å². The zero-order chi connectivity index (χ0) is 15.4. The van der Waals surface area contributed by atoms with Gasteiger partial charge in [0.05, 0.1) is 4.91 Å². The number of benzene rings is 1. The summed E-state index contributed by atoms with van der Waals surface area (Å²) in [5.74, 6) is 0.485. The van der Waals surface area contributed by atoms with Gasteiger partial charge in [-0.05, 0) is 30.2 Å². The molecule has 2 aromatic rings. The molecule has 0 aliphatic rings. The van der Waals surface area contributed by atoms with Crippen LogP contribution < -0.4 is 5.73 Å². The third-order valence-corrected chi connectivity index (χ3v) is 3.99. The molecule has 0 saturated carbocycles. The number of nitrogens with two attached hydrogens (primary N) is 1. The Morgan fingerprint density at radius 3 is 2.67 bits per heavy atom. The molecule has 0 saturated heterocycles. The minimum absolute atomic E-state index is 0.110. The standard InChI is InChI=1S/C14H15FN3O2S/c1-9-7-12(18(19)20-2)13(16)17-14(9)21-8-10-3-5-11(15)6-4-10/h3-7H,8H2,1-2H3,(H2,16,17)/q+1. The molecule has 0 fully saturated rings. The fourth-order valence-electron chi connectivity index (χ4n) is 1.72. The van der Waals surface area contributed by atoms with Gasteiger partial charge in [0, 0.05) is 11.8 Å². The molecule has 0 atom stereocenters. The van der Waals surface area contributed by atoms with Crippen molar-refractivity contribution in [3.8, 4) is 0 Å². The van der Waals surface area contributed by atoms with Crippen LogP contribution in [0.1, 0.15) is 11.1 Å². The number of aromatic nitrogens is 1. The average molecular weight is 308 g/mol. The summed E-state index contributed by atoms with van der Waals surface area (Å²) in [4.78, 5) is 20.6. The molecule has 0 amide bonds. The van der Waals surface area contributed by atoms with Gasteiger partial charge in [0.25, 0.3) is 4.92 Å². The number of hydrogen-bond donors (Lipinski definition) is 1. The summed E-state index contributed by atoms with van der Waals surface area (Å²) in [5, 5.41) is 0.727. The van der Waals surface area contributed by atoms with Crippen LogP contribution in [0, 0.1) is 17.6 Å². The number of rotatable bonds is 5. The van der Waals surface area contributed by atoms with E-state index in [-0.39, 0.29) is 17.3 Å². The second-order valence-electron chi connectivity index (χ2n) is 4.37. The van der Waals surface area contributed by atoms with Gasteiger partial charge >= 0.3 is 5.69 Å². The van der Waals surface area contributed by atoms with E-state index in [9.17, 15) is 9.30 Å². The first-order valence-electron chi connectivity index (χ1n) is 6.17. The molecule has 0 radical (unpaired) electrons. The van der Waals surface area contributed by atoms with Gasteiger partial charge in [0.15, 0.2) is 7.11 Å². The third kappa shape index (κ3) is 3.69. The van der Waals surface area contributed by atoms with Gasteiger partial charge in [-0.3, -0.25) is 0 Å². The molecule has 1 aromatic heterocycles. The van der Waals surface area contributed by atoms with Crippen LogP contribution in [0.5, 0.6) is 0 Å². The molecule has 1 heterocycles. The SMILES string of the molecule is CO[N+](=O)c1cc(C)c(SCc2ccc(F)cc2)nc1N. The van der Waals surface area contributed by atoms with Gasteiger partial charge in [-0.1, -0.05) is 12.1 Å². The van der Waals surface area contributed by atoms with Crippen LogP contribution in [0.15, 0.2) is 35.4 Å². The van der Waals surface area contributed by atoms with E-state index in [1.54, 1.807) is 18.2 Å². The van der Waals surface area contributed by atoms with Gasteiger partial charge in [0.2, 0.25) is 5.82 Å². The highest BCUT2D eigenvalue weighted by molar-refractivity contribution is 7.98. The van der Waals surface area contributed by atoms with Gasteiger partial charge in [-0.25, -0.2) is 14.2 Å². The van der Waals surface area contributed by atoms with Gasteiger partial charge in [-0.2, -0.15) is 0 Å². The second kappa shape index (κ2) is 6.53. The number of halogens is 1. The number of anilines is 1. The molecular formula is C14H15FN3O2S+. The van der Waals surface area contributed by atoms with E-state index in [1.807, 2.05) is 6.92 Å². The van der Waals surface area contributed by atoms with Crippen LogP contribution in [0.3, 0.4) is 0 Å². The van der Waals surface area contributed by atoms with Gasteiger partial charge in [0.1, 0.15) is 10.8 Å². The average Bonchev–Trinajstić information content (AvgIpc) is 2.48. The largest absolute Gasteiger partial charge is 0.378 e. The Morgan fingerprint density at radius 2 is 2.05 bits per heavy atom. The number of pyridine rings is 1. The van der Waals surface area contributed by atoms with Gasteiger partial charge < -0.3 is 5.73 Å². The third-order valence-electron chi connectivity index (χ3n) is 2.83. The quantitative estimate of drug-likeness (QED) is 0.677. The van der Waals surface area contributed by atoms with Crippen molar-refractivity contribution in [2.24, 2.45) is 0 Å². The Bertz CT molecular complexity index is 662. The maximum atomic E-state index is 12.8. The summed E-state index contributed by atoms with van der Waals surface area (Å²) in [7, 11) is 1.26. The molecule has 0 aliphatic heterocycles. The lowest BCUT2D eigenvalue weighted by Crippen LogP contribution is -2.05. The molecule has 7 heteroatoms. The molecule has 5 nitrogen and oxygen atoms in total. The highest BCUT2D eigenvalue weighted by Gasteiger charge is 2.22. The summed E-state index contributed by atoms with van der Waals surface area (Å²) in [6.07, 6.45) is 0. The molecule has 0 spiro atoms. The predicted octanol–water partition coefficient (Wildman–Crippen LogP) is 3.38. The Balaban J connectivity index is 2.15. The van der Waals surface area contributed by atoms with Crippen molar-refractivity contribution in [3.05, 3.63) is 52.2 Å². The van der Waals surface area contributed by atoms with Crippen molar-refractivity contribution >= 4 is 23.3 Å². The Hall–Kier alpha value is -2.15. The first-order chi connectivity index (χ1) is 10.0. The lowest BCUT2D eigenvalue weighted by atomic mass is 10.2. The minimum atomic E-state index is -0.262. The first kappa shape index (κ1) is 15.2. The van der Waals surface area contributed by atoms with E-state index in [1.165, 1.54) is 31.0 Å². The molecule has 0 bridgehead atoms. The molecule has 1 aromatic carbocycles. The fraction of sp³-hybridized carbons (Fsp3) is 0.214. The molecule has 0 unspecified atom stereocenters. The van der Waals surface area contributed by atoms with Crippen molar-refractivity contribution in [2.45, 2.75) is 17.7 Å². The smallest absolute Gasteiger partial charge is 0.358 e. The summed E-state index contributed by atoms with van der Waals surface area (Å²) in [6.45, 7) is 1.84. The van der Waals surface area contributed by atoms with E-state index in [2.05, 4.69) is 9.82 Å². The van der Waals surface area contributed by atoms with Crippen LogP contribution in [-0.2, 0) is 10.6 Å². The van der Waals surface area contributed by atoms with Crippen LogP contribution in [0.4, 0.5) is 15.9 Å². The van der Waals surface area contributed by atoms with E-state index >= 15 is 0 Å². The molecule has 2 rings (SSSR count). The molecule has 2 N–H and O–H groups in total. The predicted molar refractivity (Wildman–Crippen MR) is 79.6 cm³/mol. The lowest BCUT2D eigenvalue weighted by Gasteiger charge is -2.06. The van der Waals surface area contributed by atoms with Crippen LogP contribution >= 0.6 is 11.8 Å². The van der Waals surface area contributed by atoms with Crippen molar-refractivity contribution < 1.29 is 14.2 Å². The number of aryl methyl sites for hydroxylation is 1. The maximum absolute atomic E-state index is 12.8. The van der Waals surface area contributed by atoms with Crippen molar-refractivity contribution in [1.29, 1.82) is 0 Å². The highest BCUT2D eigenvalue weighted by atomic mass is 32.2. The molecule has 21 heavy (non-hydrogen) atoms. The van der Waals surface area contributed by atoms with E-state index < -0.39 is 0 Å². The van der Waals surface area contributed by atoms with Gasteiger partial charge in [-0.15, -0.1) is 11.8 Å². The zero-order valence-electron chi connectivity index (χ0n) is 11.7. The van der Waals surface area contributed by atoms with Crippen molar-refractivity contribution in [3.63, 3.8) is 0 Å². The summed E-state index contributed by atoms with van der Waals surface area (Å²) >= 11 is 1.47. The number of nitrogen functional groups attached to an aromatic ring is 1. The molecular weight excluding hydrogens is 293 g/mol. The molecule has 110 valence electrons. The number of nitrogens with zero attached hydrogens (tertiary/aromatic N) is 2. The van der Waals surface area contributed by atoms with E-state index in [0.29, 0.717) is 10.7 Å². The number of hydrogen-bond acceptors (Lipinski definition) is 5. The highest BCUT2D eigenvalue weighted by Crippen LogP contribution is 2.30. The topological polar surface area (TPSA) is 68.2 Å². The maximum Gasteiger partial charge on any atom is 0.358 e. The molecule has 0 aliphatic carbocycles. The zero-order valence-corrected chi connectivity index (χ0v) is 12.5. The van der Waals surface area contributed by atoms with Crippen molar-refractivity contribution in [2.75, 3.05) is 12.8 Å². The Morgan fingerprint density at radius 1 is 1.38 bits per heavy atom. The minimum Gasteiger partial charge on any atom is -0.378 e. The second-order valence-corrected chi connectivity index (χ2v) is 5.33. The van der Waals surface area contributed by atoms with E-state index in [0.717, 1.165) is 16.2 Å². The van der Waals surface area contributed by atoms with Crippen LogP contribution in [0.25, 0.3) is 0 Å². The Kier molecular flexibility index (Phi) is 4.74. The summed E-state index contributed by atoms with van der Waals surface area (Å²) in [6, 6.07) is 7.91.